The molecule has 1 heterocycles. The van der Waals surface area contributed by atoms with E-state index in [4.69, 9.17) is 0 Å². The van der Waals surface area contributed by atoms with Gasteiger partial charge in [0.1, 0.15) is 5.82 Å². The molecule has 0 aliphatic rings. The molecule has 0 saturated heterocycles. The van der Waals surface area contributed by atoms with Gasteiger partial charge in [0.05, 0.1) is 16.2 Å². The minimum atomic E-state index is -0.492. The number of benzene rings is 2. The third-order valence-corrected chi connectivity index (χ3v) is 5.64. The fraction of sp³-hybridized carbons (Fsp3) is 0.286. The van der Waals surface area contributed by atoms with Crippen molar-refractivity contribution < 1.29 is 9.18 Å². The number of rotatable bonds is 6. The van der Waals surface area contributed by atoms with Gasteiger partial charge in [-0.15, -0.1) is 0 Å². The Morgan fingerprint density at radius 2 is 1.86 bits per heavy atom. The minimum Gasteiger partial charge on any atom is -0.325 e. The number of carbonyl (C=O) groups excluding carboxylic acids is 1. The smallest absolute Gasteiger partial charge is 0.262 e. The van der Waals surface area contributed by atoms with Gasteiger partial charge in [-0.05, 0) is 56.7 Å². The number of anilines is 1. The van der Waals surface area contributed by atoms with Gasteiger partial charge in [0.2, 0.25) is 5.91 Å². The lowest BCUT2D eigenvalue weighted by Gasteiger charge is -2.20. The Labute approximate surface area is 167 Å². The van der Waals surface area contributed by atoms with Crippen LogP contribution in [0.5, 0.6) is 0 Å². The molecule has 0 radical (unpaired) electrons. The summed E-state index contributed by atoms with van der Waals surface area (Å²) < 4.78 is 14.7. The topological polar surface area (TPSA) is 64.0 Å². The zero-order valence-electron chi connectivity index (χ0n) is 16.0. The van der Waals surface area contributed by atoms with Crippen LogP contribution in [0.4, 0.5) is 10.1 Å². The lowest BCUT2D eigenvalue weighted by atomic mass is 10.2. The van der Waals surface area contributed by atoms with Gasteiger partial charge >= 0.3 is 0 Å². The molecule has 2 aromatic carbocycles. The van der Waals surface area contributed by atoms with Crippen LogP contribution in [0, 0.1) is 5.82 Å². The van der Waals surface area contributed by atoms with Crippen LogP contribution >= 0.6 is 11.8 Å². The lowest BCUT2D eigenvalue weighted by Crippen LogP contribution is -2.28. The normalized spacial score (nSPS) is 13.3. The average molecular weight is 399 g/mol. The van der Waals surface area contributed by atoms with Crippen molar-refractivity contribution in [1.82, 2.24) is 9.55 Å². The largest absolute Gasteiger partial charge is 0.325 e. The van der Waals surface area contributed by atoms with E-state index in [1.54, 1.807) is 23.6 Å². The van der Waals surface area contributed by atoms with Crippen LogP contribution in [-0.4, -0.2) is 20.7 Å². The highest BCUT2D eigenvalue weighted by molar-refractivity contribution is 8.00. The first-order chi connectivity index (χ1) is 13.4. The molecule has 2 atom stereocenters. The van der Waals surface area contributed by atoms with E-state index >= 15 is 0 Å². The van der Waals surface area contributed by atoms with Crippen molar-refractivity contribution in [2.45, 2.75) is 43.6 Å². The molecule has 3 rings (SSSR count). The molecule has 1 N–H and O–H groups in total. The molecule has 0 bridgehead atoms. The van der Waals surface area contributed by atoms with Crippen molar-refractivity contribution in [1.29, 1.82) is 0 Å². The van der Waals surface area contributed by atoms with Gasteiger partial charge in [-0.1, -0.05) is 30.8 Å². The molecule has 0 aliphatic heterocycles. The highest BCUT2D eigenvalue weighted by Crippen LogP contribution is 2.26. The van der Waals surface area contributed by atoms with E-state index in [-0.39, 0.29) is 23.3 Å². The van der Waals surface area contributed by atoms with Crippen molar-refractivity contribution in [3.05, 3.63) is 64.7 Å². The summed E-state index contributed by atoms with van der Waals surface area (Å²) in [5.41, 5.74) is 1.03. The number of nitrogens with one attached hydrogen (secondary N) is 1. The molecule has 7 heteroatoms. The van der Waals surface area contributed by atoms with Crippen molar-refractivity contribution in [2.75, 3.05) is 5.32 Å². The minimum absolute atomic E-state index is 0.0422. The SMILES string of the molecule is CC[C@@H](C)n1c(S[C@H](C)C(=O)Nc2ccc(F)cc2)nc2ccccc2c1=O. The first-order valence-corrected chi connectivity index (χ1v) is 10.0. The summed E-state index contributed by atoms with van der Waals surface area (Å²) in [7, 11) is 0. The Balaban J connectivity index is 1.90. The molecule has 0 fully saturated rings. The highest BCUT2D eigenvalue weighted by Gasteiger charge is 2.21. The van der Waals surface area contributed by atoms with Gasteiger partial charge in [-0.3, -0.25) is 14.2 Å². The molecule has 3 aromatic rings. The third kappa shape index (κ3) is 4.25. The second-order valence-corrected chi connectivity index (χ2v) is 7.91. The standard InChI is InChI=1S/C21H22FN3O2S/c1-4-13(2)25-20(27)17-7-5-6-8-18(17)24-21(25)28-14(3)19(26)23-16-11-9-15(22)10-12-16/h5-14H,4H2,1-3H3,(H,23,26)/t13-,14-/m1/s1. The van der Waals surface area contributed by atoms with Crippen molar-refractivity contribution in [3.8, 4) is 0 Å². The number of hydrogen-bond donors (Lipinski definition) is 1. The fourth-order valence-corrected chi connectivity index (χ4v) is 3.78. The maximum Gasteiger partial charge on any atom is 0.262 e. The van der Waals surface area contributed by atoms with E-state index in [0.29, 0.717) is 21.7 Å². The Hall–Kier alpha value is -2.67. The lowest BCUT2D eigenvalue weighted by molar-refractivity contribution is -0.115. The summed E-state index contributed by atoms with van der Waals surface area (Å²) in [5.74, 6) is -0.604. The van der Waals surface area contributed by atoms with Crippen LogP contribution < -0.4 is 10.9 Å². The van der Waals surface area contributed by atoms with Crippen LogP contribution in [0.25, 0.3) is 10.9 Å². The van der Waals surface area contributed by atoms with Crippen molar-refractivity contribution >= 4 is 34.3 Å². The van der Waals surface area contributed by atoms with E-state index in [1.165, 1.54) is 36.0 Å². The molecule has 0 spiro atoms. The van der Waals surface area contributed by atoms with Gasteiger partial charge in [0.15, 0.2) is 5.16 Å². The number of nitrogens with zero attached hydrogens (tertiary/aromatic N) is 2. The van der Waals surface area contributed by atoms with E-state index < -0.39 is 5.25 Å². The van der Waals surface area contributed by atoms with E-state index in [9.17, 15) is 14.0 Å². The second-order valence-electron chi connectivity index (χ2n) is 6.60. The van der Waals surface area contributed by atoms with E-state index in [2.05, 4.69) is 10.3 Å². The van der Waals surface area contributed by atoms with Gasteiger partial charge in [-0.2, -0.15) is 0 Å². The number of halogens is 1. The maximum atomic E-state index is 13.0. The van der Waals surface area contributed by atoms with Gasteiger partial charge in [0.25, 0.3) is 5.56 Å². The monoisotopic (exact) mass is 399 g/mol. The van der Waals surface area contributed by atoms with Crippen LogP contribution in [0.2, 0.25) is 0 Å². The average Bonchev–Trinajstić information content (AvgIpc) is 2.69. The number of hydrogen-bond acceptors (Lipinski definition) is 4. The predicted octanol–water partition coefficient (Wildman–Crippen LogP) is 4.63. The number of aromatic nitrogens is 2. The summed E-state index contributed by atoms with van der Waals surface area (Å²) in [6.45, 7) is 5.72. The summed E-state index contributed by atoms with van der Waals surface area (Å²) >= 11 is 1.24. The molecule has 5 nitrogen and oxygen atoms in total. The number of carbonyl (C=O) groups is 1. The number of para-hydroxylation sites is 1. The molecular weight excluding hydrogens is 377 g/mol. The summed E-state index contributed by atoms with van der Waals surface area (Å²) in [5, 5.41) is 3.35. The molecular formula is C21H22FN3O2S. The van der Waals surface area contributed by atoms with Crippen LogP contribution in [-0.2, 0) is 4.79 Å². The molecule has 0 saturated carbocycles. The first-order valence-electron chi connectivity index (χ1n) is 9.15. The van der Waals surface area contributed by atoms with E-state index in [1.807, 2.05) is 26.0 Å². The molecule has 28 heavy (non-hydrogen) atoms. The Morgan fingerprint density at radius 3 is 2.54 bits per heavy atom. The van der Waals surface area contributed by atoms with Gasteiger partial charge < -0.3 is 5.32 Å². The van der Waals surface area contributed by atoms with Gasteiger partial charge in [0, 0.05) is 11.7 Å². The van der Waals surface area contributed by atoms with Crippen molar-refractivity contribution in [3.63, 3.8) is 0 Å². The zero-order valence-corrected chi connectivity index (χ0v) is 16.8. The Kier molecular flexibility index (Phi) is 6.14. The third-order valence-electron chi connectivity index (χ3n) is 4.57. The summed E-state index contributed by atoms with van der Waals surface area (Å²) in [6, 6.07) is 12.8. The predicted molar refractivity (Wildman–Crippen MR) is 111 cm³/mol. The van der Waals surface area contributed by atoms with Crippen LogP contribution in [0.3, 0.4) is 0 Å². The first kappa shape index (κ1) is 20.1. The second kappa shape index (κ2) is 8.56. The number of thioether (sulfide) groups is 1. The zero-order chi connectivity index (χ0) is 20.3. The maximum absolute atomic E-state index is 13.0. The van der Waals surface area contributed by atoms with E-state index in [0.717, 1.165) is 6.42 Å². The number of fused-ring (bicyclic) bond motifs is 1. The summed E-state index contributed by atoms with van der Waals surface area (Å²) in [6.07, 6.45) is 0.768. The van der Waals surface area contributed by atoms with Gasteiger partial charge in [-0.25, -0.2) is 9.37 Å². The van der Waals surface area contributed by atoms with Crippen LogP contribution in [0.15, 0.2) is 58.5 Å². The molecule has 0 unspecified atom stereocenters. The van der Waals surface area contributed by atoms with Crippen LogP contribution in [0.1, 0.15) is 33.2 Å². The molecule has 1 aromatic heterocycles. The number of amides is 1. The quantitative estimate of drug-likeness (QED) is 0.485. The molecule has 146 valence electrons. The fourth-order valence-electron chi connectivity index (χ4n) is 2.77. The molecule has 0 aliphatic carbocycles. The molecule has 1 amide bonds. The summed E-state index contributed by atoms with van der Waals surface area (Å²) in [4.78, 5) is 30.2. The Morgan fingerprint density at radius 1 is 1.18 bits per heavy atom. The Bertz CT molecular complexity index is 1050. The van der Waals surface area contributed by atoms with Crippen molar-refractivity contribution in [2.24, 2.45) is 0 Å². The highest BCUT2D eigenvalue weighted by atomic mass is 32.2.